The molecule has 1 unspecified atom stereocenters. The maximum atomic E-state index is 13.4. The Labute approximate surface area is 257 Å². The van der Waals surface area contributed by atoms with Crippen LogP contribution in [0.1, 0.15) is 73.2 Å². The van der Waals surface area contributed by atoms with E-state index in [1.165, 1.54) is 19.3 Å². The van der Waals surface area contributed by atoms with Crippen LogP contribution < -0.4 is 21.2 Å². The molecule has 0 spiro atoms. The number of carbonyl (C=O) groups excluding carboxylic acids is 2. The molecule has 2 N–H and O–H groups in total. The lowest BCUT2D eigenvalue weighted by Crippen LogP contribution is -2.55. The van der Waals surface area contributed by atoms with E-state index in [0.717, 1.165) is 42.5 Å². The molecule has 2 saturated heterocycles. The fourth-order valence-electron chi connectivity index (χ4n) is 7.02. The largest absolute Gasteiger partial charge is 0.422 e. The number of nitrogens with one attached hydrogen (secondary N) is 2. The second-order valence-electron chi connectivity index (χ2n) is 12.1. The summed E-state index contributed by atoms with van der Waals surface area (Å²) in [5, 5.41) is 12.4. The number of nitrogens with zero attached hydrogens (tertiary/aromatic N) is 4. The van der Waals surface area contributed by atoms with Crippen molar-refractivity contribution in [3.8, 4) is 0 Å². The molecule has 2 amide bonds. The van der Waals surface area contributed by atoms with Crippen molar-refractivity contribution in [1.82, 2.24) is 25.3 Å². The summed E-state index contributed by atoms with van der Waals surface area (Å²) in [4.78, 5) is 43.7. The van der Waals surface area contributed by atoms with Gasteiger partial charge in [0, 0.05) is 66.8 Å². The zero-order valence-corrected chi connectivity index (χ0v) is 25.8. The molecule has 2 aliphatic heterocycles. The molecule has 10 heteroatoms. The van der Waals surface area contributed by atoms with Crippen molar-refractivity contribution in [3.05, 3.63) is 70.2 Å². The van der Waals surface area contributed by atoms with E-state index in [1.54, 1.807) is 6.07 Å². The van der Waals surface area contributed by atoms with Crippen LogP contribution in [0.5, 0.6) is 0 Å². The molecule has 44 heavy (non-hydrogen) atoms. The van der Waals surface area contributed by atoms with E-state index in [2.05, 4.69) is 41.3 Å². The van der Waals surface area contributed by atoms with E-state index in [1.807, 2.05) is 47.1 Å². The quantitative estimate of drug-likeness (QED) is 0.203. The lowest BCUT2D eigenvalue weighted by Gasteiger charge is -2.47. The topological polar surface area (TPSA) is 113 Å². The van der Waals surface area contributed by atoms with Gasteiger partial charge in [0.15, 0.2) is 5.69 Å². The first-order valence-corrected chi connectivity index (χ1v) is 16.0. The Morgan fingerprint density at radius 1 is 1.02 bits per heavy atom. The number of fused-ring (bicyclic) bond motifs is 4. The molecule has 232 valence electrons. The van der Waals surface area contributed by atoms with Gasteiger partial charge in [-0.15, -0.1) is 0 Å². The Morgan fingerprint density at radius 3 is 2.52 bits per heavy atom. The number of anilines is 1. The Morgan fingerprint density at radius 2 is 1.77 bits per heavy atom. The molecule has 0 aliphatic carbocycles. The molecule has 4 heterocycles. The monoisotopic (exact) mass is 598 g/mol. The van der Waals surface area contributed by atoms with Gasteiger partial charge in [0.05, 0.1) is 5.52 Å². The average Bonchev–Trinajstić information content (AvgIpc) is 3.39. The third kappa shape index (κ3) is 5.95. The van der Waals surface area contributed by atoms with E-state index >= 15 is 0 Å². The summed E-state index contributed by atoms with van der Waals surface area (Å²) in [5.41, 5.74) is 2.07. The number of aromatic nitrogens is 2. The minimum atomic E-state index is -0.659. The lowest BCUT2D eigenvalue weighted by molar-refractivity contribution is 0.0462. The van der Waals surface area contributed by atoms with E-state index in [4.69, 9.17) is 9.52 Å². The molecule has 2 aromatic carbocycles. The summed E-state index contributed by atoms with van der Waals surface area (Å²) in [6.45, 7) is 6.67. The Bertz CT molecular complexity index is 1710. The van der Waals surface area contributed by atoms with Crippen molar-refractivity contribution in [2.24, 2.45) is 0 Å². The van der Waals surface area contributed by atoms with Crippen molar-refractivity contribution in [2.45, 2.75) is 77.0 Å². The summed E-state index contributed by atoms with van der Waals surface area (Å²) < 4.78 is 7.36. The third-order valence-corrected chi connectivity index (χ3v) is 9.47. The molecule has 2 fully saturated rings. The van der Waals surface area contributed by atoms with E-state index < -0.39 is 11.5 Å². The Kier molecular flexibility index (Phi) is 8.70. The Hall–Kier alpha value is -4.18. The zero-order valence-electron chi connectivity index (χ0n) is 25.8. The summed E-state index contributed by atoms with van der Waals surface area (Å²) in [7, 11) is 2.21. The van der Waals surface area contributed by atoms with Crippen molar-refractivity contribution in [3.63, 3.8) is 0 Å². The van der Waals surface area contributed by atoms with Gasteiger partial charge >= 0.3 is 5.63 Å². The molecule has 4 aromatic rings. The molecule has 2 aromatic heterocycles. The van der Waals surface area contributed by atoms with Crippen LogP contribution in [0.2, 0.25) is 0 Å². The number of hydrogen-bond donors (Lipinski definition) is 2. The van der Waals surface area contributed by atoms with Gasteiger partial charge < -0.3 is 24.9 Å². The highest BCUT2D eigenvalue weighted by Crippen LogP contribution is 2.33. The molecular weight excluding hydrogens is 556 g/mol. The molecule has 10 nitrogen and oxygen atoms in total. The number of amides is 2. The minimum absolute atomic E-state index is 0.0189. The van der Waals surface area contributed by atoms with Crippen LogP contribution in [-0.4, -0.2) is 71.3 Å². The number of benzene rings is 2. The van der Waals surface area contributed by atoms with Gasteiger partial charge in [-0.3, -0.25) is 14.3 Å². The van der Waals surface area contributed by atoms with E-state index in [0.29, 0.717) is 48.3 Å². The molecule has 3 atom stereocenters. The van der Waals surface area contributed by atoms with Gasteiger partial charge in [-0.1, -0.05) is 24.6 Å². The van der Waals surface area contributed by atoms with Crippen molar-refractivity contribution in [2.75, 3.05) is 31.6 Å². The van der Waals surface area contributed by atoms with Crippen LogP contribution in [-0.2, 0) is 6.54 Å². The predicted octanol–water partition coefficient (Wildman–Crippen LogP) is 4.55. The minimum Gasteiger partial charge on any atom is -0.422 e. The summed E-state index contributed by atoms with van der Waals surface area (Å²) in [6.07, 6.45) is 6.18. The maximum absolute atomic E-state index is 13.4. The van der Waals surface area contributed by atoms with Crippen molar-refractivity contribution >= 4 is 39.4 Å². The van der Waals surface area contributed by atoms with Crippen LogP contribution in [0.3, 0.4) is 0 Å². The number of aryl methyl sites for hydroxylation is 1. The molecule has 2 aliphatic rings. The standard InChI is InChI=1S/C34H42N6O4/c1-4-39(5-2)26-15-14-22-18-28(34(43)44-30(22)21-26)32(41)35-16-9-17-40-29-13-7-6-12-27(29)31(37-40)33(42)36-23-19-24-10-8-11-25(20-23)38(24)3/h6-7,12-15,18,21,23-25H,4-5,8-11,16-17,19-20H2,1-3H3,(H,35,41)(H,36,42)/t23?,24-,25+. The van der Waals surface area contributed by atoms with Gasteiger partial charge in [0.2, 0.25) is 0 Å². The van der Waals surface area contributed by atoms with Crippen LogP contribution in [0.25, 0.3) is 21.9 Å². The smallest absolute Gasteiger partial charge is 0.349 e. The number of rotatable bonds is 10. The fourth-order valence-corrected chi connectivity index (χ4v) is 7.02. The summed E-state index contributed by atoms with van der Waals surface area (Å²) in [6, 6.07) is 16.2. The maximum Gasteiger partial charge on any atom is 0.349 e. The van der Waals surface area contributed by atoms with Crippen LogP contribution in [0.4, 0.5) is 5.69 Å². The highest BCUT2D eigenvalue weighted by molar-refractivity contribution is 6.05. The average molecular weight is 599 g/mol. The van der Waals surface area contributed by atoms with Crippen LogP contribution in [0, 0.1) is 0 Å². The zero-order chi connectivity index (χ0) is 30.8. The van der Waals surface area contributed by atoms with Gasteiger partial charge in [-0.25, -0.2) is 4.79 Å². The van der Waals surface area contributed by atoms with E-state index in [-0.39, 0.29) is 17.5 Å². The van der Waals surface area contributed by atoms with Gasteiger partial charge in [0.1, 0.15) is 11.1 Å². The summed E-state index contributed by atoms with van der Waals surface area (Å²) in [5.74, 6) is -0.602. The Balaban J connectivity index is 1.08. The molecule has 0 radical (unpaired) electrons. The molecule has 2 bridgehead atoms. The van der Waals surface area contributed by atoms with Crippen molar-refractivity contribution < 1.29 is 14.0 Å². The van der Waals surface area contributed by atoms with Crippen LogP contribution in [0.15, 0.2) is 57.7 Å². The van der Waals surface area contributed by atoms with Gasteiger partial charge in [0.25, 0.3) is 11.8 Å². The SMILES string of the molecule is CCN(CC)c1ccc2cc(C(=O)NCCCn3nc(C(=O)NC4C[C@H]5CCC[C@@H](C4)N5C)c4ccccc43)c(=O)oc2c1. The normalized spacial score (nSPS) is 20.1. The first kappa shape index (κ1) is 29.9. The third-order valence-electron chi connectivity index (χ3n) is 9.47. The van der Waals surface area contributed by atoms with Crippen molar-refractivity contribution in [1.29, 1.82) is 0 Å². The first-order valence-electron chi connectivity index (χ1n) is 16.0. The number of para-hydroxylation sites is 1. The van der Waals surface area contributed by atoms with Crippen LogP contribution >= 0.6 is 0 Å². The number of carbonyl (C=O) groups is 2. The lowest BCUT2D eigenvalue weighted by atomic mass is 9.82. The molecule has 0 saturated carbocycles. The second-order valence-corrected chi connectivity index (χ2v) is 12.1. The molecular formula is C34H42N6O4. The number of piperidine rings is 2. The summed E-state index contributed by atoms with van der Waals surface area (Å²) >= 11 is 0. The van der Waals surface area contributed by atoms with Gasteiger partial charge in [-0.2, -0.15) is 5.10 Å². The van der Waals surface area contributed by atoms with E-state index in [9.17, 15) is 14.4 Å². The highest BCUT2D eigenvalue weighted by Gasteiger charge is 2.37. The highest BCUT2D eigenvalue weighted by atomic mass is 16.4. The van der Waals surface area contributed by atoms with Gasteiger partial charge in [-0.05, 0) is 77.3 Å². The first-order chi connectivity index (χ1) is 21.4. The number of hydrogen-bond acceptors (Lipinski definition) is 7. The molecule has 6 rings (SSSR count). The fraction of sp³-hybridized carbons (Fsp3) is 0.471. The predicted molar refractivity (Wildman–Crippen MR) is 172 cm³/mol. The second kappa shape index (κ2) is 12.8.